The normalized spacial score (nSPS) is 9.92. The summed E-state index contributed by atoms with van der Waals surface area (Å²) in [4.78, 5) is 0. The number of ether oxygens (including phenoxy) is 1. The van der Waals surface area contributed by atoms with Gasteiger partial charge < -0.3 is 4.74 Å². The van der Waals surface area contributed by atoms with Crippen molar-refractivity contribution in [2.75, 3.05) is 6.61 Å². The molecule has 0 radical (unpaired) electrons. The second kappa shape index (κ2) is 4.10. The minimum absolute atomic E-state index is 0.275. The molecule has 0 amide bonds. The van der Waals surface area contributed by atoms with Gasteiger partial charge in [0.2, 0.25) is 0 Å². The van der Waals surface area contributed by atoms with Crippen molar-refractivity contribution in [3.8, 4) is 5.75 Å². The molecule has 1 nitrogen and oxygen atoms in total. The monoisotopic (exact) mass is 168 g/mol. The average Bonchev–Trinajstić information content (AvgIpc) is 2.04. The van der Waals surface area contributed by atoms with Crippen molar-refractivity contribution in [3.05, 3.63) is 29.6 Å². The molecule has 2 heteroatoms. The molecule has 1 aromatic carbocycles. The van der Waals surface area contributed by atoms with Crippen molar-refractivity contribution in [1.82, 2.24) is 0 Å². The highest BCUT2D eigenvalue weighted by Gasteiger charge is 2.04. The highest BCUT2D eigenvalue weighted by atomic mass is 19.1. The minimum atomic E-state index is -0.275. The Morgan fingerprint density at radius 2 is 2.17 bits per heavy atom. The van der Waals surface area contributed by atoms with Crippen LogP contribution in [0.5, 0.6) is 5.75 Å². The van der Waals surface area contributed by atoms with Crippen molar-refractivity contribution < 1.29 is 9.13 Å². The maximum atomic E-state index is 13.0. The zero-order chi connectivity index (χ0) is 8.97. The summed E-state index contributed by atoms with van der Waals surface area (Å²) in [6.07, 6.45) is 0.897. The van der Waals surface area contributed by atoms with Crippen LogP contribution in [0, 0.1) is 12.7 Å². The molecule has 12 heavy (non-hydrogen) atoms. The molecule has 0 spiro atoms. The van der Waals surface area contributed by atoms with E-state index in [1.807, 2.05) is 19.9 Å². The van der Waals surface area contributed by atoms with Gasteiger partial charge in [-0.2, -0.15) is 0 Å². The number of rotatable bonds is 3. The van der Waals surface area contributed by atoms with E-state index in [-0.39, 0.29) is 5.82 Å². The molecule has 0 unspecified atom stereocenters. The third kappa shape index (κ3) is 1.97. The molecule has 1 aromatic rings. The van der Waals surface area contributed by atoms with Crippen molar-refractivity contribution in [2.45, 2.75) is 20.3 Å². The molecule has 0 aliphatic rings. The first-order valence-corrected chi connectivity index (χ1v) is 4.13. The highest BCUT2D eigenvalue weighted by Crippen LogP contribution is 2.21. The predicted molar refractivity (Wildman–Crippen MR) is 46.9 cm³/mol. The van der Waals surface area contributed by atoms with E-state index in [1.54, 1.807) is 6.07 Å². The Bertz CT molecular complexity index is 238. The third-order valence-electron chi connectivity index (χ3n) is 1.61. The molecule has 0 fully saturated rings. The zero-order valence-electron chi connectivity index (χ0n) is 7.43. The van der Waals surface area contributed by atoms with Crippen LogP contribution >= 0.6 is 0 Å². The standard InChI is InChI=1S/C10H13FO/c1-3-7-12-10-8(2)5-4-6-9(10)11/h4-6H,3,7H2,1-2H3. The Labute approximate surface area is 72.2 Å². The molecule has 0 aliphatic heterocycles. The first-order chi connectivity index (χ1) is 5.75. The van der Waals surface area contributed by atoms with Gasteiger partial charge in [-0.15, -0.1) is 0 Å². The van der Waals surface area contributed by atoms with Crippen LogP contribution in [0.4, 0.5) is 4.39 Å². The van der Waals surface area contributed by atoms with Crippen LogP contribution in [-0.4, -0.2) is 6.61 Å². The van der Waals surface area contributed by atoms with Gasteiger partial charge in [-0.25, -0.2) is 4.39 Å². The third-order valence-corrected chi connectivity index (χ3v) is 1.61. The molecule has 0 saturated heterocycles. The quantitative estimate of drug-likeness (QED) is 0.674. The van der Waals surface area contributed by atoms with Crippen molar-refractivity contribution in [2.24, 2.45) is 0 Å². The predicted octanol–water partition coefficient (Wildman–Crippen LogP) is 2.92. The lowest BCUT2D eigenvalue weighted by atomic mass is 10.2. The van der Waals surface area contributed by atoms with Gasteiger partial charge in [-0.3, -0.25) is 0 Å². The molecule has 1 rings (SSSR count). The first-order valence-electron chi connectivity index (χ1n) is 4.13. The van der Waals surface area contributed by atoms with Gasteiger partial charge in [-0.1, -0.05) is 19.1 Å². The first kappa shape index (κ1) is 9.04. The number of para-hydroxylation sites is 1. The smallest absolute Gasteiger partial charge is 0.165 e. The van der Waals surface area contributed by atoms with E-state index in [9.17, 15) is 4.39 Å². The van der Waals surface area contributed by atoms with E-state index < -0.39 is 0 Å². The fraction of sp³-hybridized carbons (Fsp3) is 0.400. The molecular formula is C10H13FO. The average molecular weight is 168 g/mol. The van der Waals surface area contributed by atoms with Gasteiger partial charge in [0.05, 0.1) is 6.61 Å². The summed E-state index contributed by atoms with van der Waals surface area (Å²) in [7, 11) is 0. The van der Waals surface area contributed by atoms with E-state index in [0.717, 1.165) is 12.0 Å². The van der Waals surface area contributed by atoms with Crippen LogP contribution < -0.4 is 4.74 Å². The SMILES string of the molecule is CCCOc1c(C)cccc1F. The Morgan fingerprint density at radius 1 is 1.42 bits per heavy atom. The van der Waals surface area contributed by atoms with Crippen molar-refractivity contribution in [3.63, 3.8) is 0 Å². The number of halogens is 1. The second-order valence-electron chi connectivity index (χ2n) is 2.73. The lowest BCUT2D eigenvalue weighted by Gasteiger charge is -2.07. The van der Waals surface area contributed by atoms with Gasteiger partial charge in [0.25, 0.3) is 0 Å². The molecule has 0 atom stereocenters. The van der Waals surface area contributed by atoms with E-state index in [2.05, 4.69) is 0 Å². The molecule has 0 heterocycles. The topological polar surface area (TPSA) is 9.23 Å². The minimum Gasteiger partial charge on any atom is -0.490 e. The van der Waals surface area contributed by atoms with Crippen LogP contribution in [0.2, 0.25) is 0 Å². The number of hydrogen-bond donors (Lipinski definition) is 0. The number of hydrogen-bond acceptors (Lipinski definition) is 1. The number of aryl methyl sites for hydroxylation is 1. The Kier molecular flexibility index (Phi) is 3.09. The molecule has 0 aromatic heterocycles. The summed E-state index contributed by atoms with van der Waals surface area (Å²) < 4.78 is 18.3. The molecular weight excluding hydrogens is 155 g/mol. The Morgan fingerprint density at radius 3 is 2.75 bits per heavy atom. The van der Waals surface area contributed by atoms with Gasteiger partial charge >= 0.3 is 0 Å². The van der Waals surface area contributed by atoms with E-state index >= 15 is 0 Å². The Balaban J connectivity index is 2.81. The van der Waals surface area contributed by atoms with Crippen molar-refractivity contribution in [1.29, 1.82) is 0 Å². The maximum absolute atomic E-state index is 13.0. The largest absolute Gasteiger partial charge is 0.490 e. The van der Waals surface area contributed by atoms with E-state index in [4.69, 9.17) is 4.74 Å². The van der Waals surface area contributed by atoms with Crippen LogP contribution in [0.15, 0.2) is 18.2 Å². The van der Waals surface area contributed by atoms with Crippen LogP contribution in [-0.2, 0) is 0 Å². The summed E-state index contributed by atoms with van der Waals surface area (Å²) in [5, 5.41) is 0. The summed E-state index contributed by atoms with van der Waals surface area (Å²) in [5.41, 5.74) is 0.850. The van der Waals surface area contributed by atoms with Crippen molar-refractivity contribution >= 4 is 0 Å². The summed E-state index contributed by atoms with van der Waals surface area (Å²) >= 11 is 0. The van der Waals surface area contributed by atoms with Crippen LogP contribution in [0.25, 0.3) is 0 Å². The summed E-state index contributed by atoms with van der Waals surface area (Å²) in [5.74, 6) is 0.114. The second-order valence-corrected chi connectivity index (χ2v) is 2.73. The van der Waals surface area contributed by atoms with Gasteiger partial charge in [0, 0.05) is 0 Å². The van der Waals surface area contributed by atoms with Gasteiger partial charge in [-0.05, 0) is 25.0 Å². The van der Waals surface area contributed by atoms with Crippen LogP contribution in [0.1, 0.15) is 18.9 Å². The van der Waals surface area contributed by atoms with Crippen LogP contribution in [0.3, 0.4) is 0 Å². The maximum Gasteiger partial charge on any atom is 0.165 e. The number of benzene rings is 1. The zero-order valence-corrected chi connectivity index (χ0v) is 7.43. The van der Waals surface area contributed by atoms with Gasteiger partial charge in [0.1, 0.15) is 0 Å². The fourth-order valence-electron chi connectivity index (χ4n) is 1.00. The lowest BCUT2D eigenvalue weighted by molar-refractivity contribution is 0.299. The molecule has 66 valence electrons. The summed E-state index contributed by atoms with van der Waals surface area (Å²) in [6.45, 7) is 4.41. The molecule has 0 aliphatic carbocycles. The van der Waals surface area contributed by atoms with E-state index in [1.165, 1.54) is 6.07 Å². The molecule has 0 bridgehead atoms. The lowest BCUT2D eigenvalue weighted by Crippen LogP contribution is -1.99. The molecule has 0 N–H and O–H groups in total. The summed E-state index contributed by atoms with van der Waals surface area (Å²) in [6, 6.07) is 4.94. The van der Waals surface area contributed by atoms with Gasteiger partial charge in [0.15, 0.2) is 11.6 Å². The highest BCUT2D eigenvalue weighted by molar-refractivity contribution is 5.33. The Hall–Kier alpha value is -1.05. The van der Waals surface area contributed by atoms with E-state index in [0.29, 0.717) is 12.4 Å². The fourth-order valence-corrected chi connectivity index (χ4v) is 1.00. The molecule has 0 saturated carbocycles.